The van der Waals surface area contributed by atoms with Gasteiger partial charge in [0.05, 0.1) is 16.2 Å². The molecule has 0 bridgehead atoms. The zero-order valence-corrected chi connectivity index (χ0v) is 15.6. The van der Waals surface area contributed by atoms with Crippen molar-refractivity contribution in [3.8, 4) is 0 Å². The van der Waals surface area contributed by atoms with Crippen molar-refractivity contribution in [3.63, 3.8) is 0 Å². The predicted octanol–water partition coefficient (Wildman–Crippen LogP) is 2.76. The molecular weight excluding hydrogens is 364 g/mol. The first-order valence-electron chi connectivity index (χ1n) is 8.25. The van der Waals surface area contributed by atoms with E-state index in [1.807, 2.05) is 6.07 Å². The molecule has 138 valence electrons. The van der Waals surface area contributed by atoms with Crippen molar-refractivity contribution in [1.82, 2.24) is 14.9 Å². The molecule has 1 heterocycles. The summed E-state index contributed by atoms with van der Waals surface area (Å²) in [4.78, 5) is 41.1. The van der Waals surface area contributed by atoms with Gasteiger partial charge in [0, 0.05) is 12.7 Å². The van der Waals surface area contributed by atoms with E-state index in [1.54, 1.807) is 62.5 Å². The molecule has 0 saturated carbocycles. The molecule has 0 spiro atoms. The number of para-hydroxylation sites is 2. The normalized spacial score (nSPS) is 11.8. The molecule has 3 aromatic rings. The minimum Gasteiger partial charge on any atom is -0.308 e. The average molecular weight is 382 g/mol. The minimum absolute atomic E-state index is 0.183. The molecule has 1 aromatic heterocycles. The number of rotatable bonds is 4. The number of amides is 3. The fourth-order valence-electron chi connectivity index (χ4n) is 2.41. The molecule has 0 aliphatic carbocycles. The lowest BCUT2D eigenvalue weighted by molar-refractivity contribution is -0.119. The lowest BCUT2D eigenvalue weighted by atomic mass is 10.2. The standard InChI is InChI=1S/C19H18N4O3S/c1-12(16(24)22-18(26)20-13-8-4-3-5-9-13)27-19-21-15-11-7-6-10-14(15)17(25)23(19)2/h3-12H,1-2H3,(H2,20,22,24,26). The van der Waals surface area contributed by atoms with E-state index < -0.39 is 17.2 Å². The molecular formula is C19H18N4O3S. The molecule has 8 heteroatoms. The van der Waals surface area contributed by atoms with E-state index in [0.29, 0.717) is 21.7 Å². The number of fused-ring (bicyclic) bond motifs is 1. The minimum atomic E-state index is -0.620. The van der Waals surface area contributed by atoms with E-state index in [-0.39, 0.29) is 5.56 Å². The first-order chi connectivity index (χ1) is 13.0. The molecule has 1 atom stereocenters. The van der Waals surface area contributed by atoms with E-state index in [9.17, 15) is 14.4 Å². The van der Waals surface area contributed by atoms with Gasteiger partial charge in [-0.3, -0.25) is 19.5 Å². The first kappa shape index (κ1) is 18.7. The molecule has 1 unspecified atom stereocenters. The third-order valence-electron chi connectivity index (χ3n) is 3.86. The number of benzene rings is 2. The molecule has 7 nitrogen and oxygen atoms in total. The van der Waals surface area contributed by atoms with Crippen molar-refractivity contribution in [1.29, 1.82) is 0 Å². The van der Waals surface area contributed by atoms with Gasteiger partial charge in [0.15, 0.2) is 5.16 Å². The van der Waals surface area contributed by atoms with Crippen LogP contribution in [0.2, 0.25) is 0 Å². The van der Waals surface area contributed by atoms with Crippen molar-refractivity contribution >= 4 is 40.3 Å². The van der Waals surface area contributed by atoms with Crippen molar-refractivity contribution in [3.05, 3.63) is 65.0 Å². The van der Waals surface area contributed by atoms with Crippen LogP contribution in [0, 0.1) is 0 Å². The van der Waals surface area contributed by atoms with Crippen LogP contribution in [-0.4, -0.2) is 26.7 Å². The van der Waals surface area contributed by atoms with Crippen LogP contribution in [0.5, 0.6) is 0 Å². The highest BCUT2D eigenvalue weighted by atomic mass is 32.2. The van der Waals surface area contributed by atoms with Crippen LogP contribution >= 0.6 is 11.8 Å². The molecule has 0 radical (unpaired) electrons. The number of carbonyl (C=O) groups is 2. The summed E-state index contributed by atoms with van der Waals surface area (Å²) in [5.74, 6) is -0.476. The summed E-state index contributed by atoms with van der Waals surface area (Å²) >= 11 is 1.12. The largest absolute Gasteiger partial charge is 0.325 e. The van der Waals surface area contributed by atoms with E-state index in [4.69, 9.17) is 0 Å². The average Bonchev–Trinajstić information content (AvgIpc) is 2.66. The fraction of sp³-hybridized carbons (Fsp3) is 0.158. The van der Waals surface area contributed by atoms with E-state index in [0.717, 1.165) is 11.8 Å². The fourth-order valence-corrected chi connectivity index (χ4v) is 3.29. The molecule has 0 saturated heterocycles. The Kier molecular flexibility index (Phi) is 5.56. The van der Waals surface area contributed by atoms with E-state index in [1.165, 1.54) is 4.57 Å². The van der Waals surface area contributed by atoms with Gasteiger partial charge < -0.3 is 5.32 Å². The molecule has 0 aliphatic heterocycles. The number of urea groups is 1. The SMILES string of the molecule is CC(Sc1nc2ccccc2c(=O)n1C)C(=O)NC(=O)Nc1ccccc1. The Balaban J connectivity index is 1.69. The molecule has 27 heavy (non-hydrogen) atoms. The number of aromatic nitrogens is 2. The van der Waals surface area contributed by atoms with Crippen LogP contribution in [0.4, 0.5) is 10.5 Å². The van der Waals surface area contributed by atoms with Gasteiger partial charge in [0.25, 0.3) is 5.56 Å². The number of hydrogen-bond acceptors (Lipinski definition) is 5. The van der Waals surface area contributed by atoms with Gasteiger partial charge in [-0.15, -0.1) is 0 Å². The van der Waals surface area contributed by atoms with E-state index >= 15 is 0 Å². The van der Waals surface area contributed by atoms with E-state index in [2.05, 4.69) is 15.6 Å². The number of imide groups is 1. The second kappa shape index (κ2) is 8.05. The number of carbonyl (C=O) groups excluding carboxylic acids is 2. The summed E-state index contributed by atoms with van der Waals surface area (Å²) in [6.07, 6.45) is 0. The molecule has 0 fully saturated rings. The van der Waals surface area contributed by atoms with Crippen LogP contribution in [0.25, 0.3) is 10.9 Å². The summed E-state index contributed by atoms with van der Waals surface area (Å²) < 4.78 is 1.40. The van der Waals surface area contributed by atoms with Crippen molar-refractivity contribution in [2.45, 2.75) is 17.3 Å². The van der Waals surface area contributed by atoms with Crippen molar-refractivity contribution in [2.24, 2.45) is 7.05 Å². The van der Waals surface area contributed by atoms with Gasteiger partial charge in [-0.05, 0) is 31.2 Å². The third-order valence-corrected chi connectivity index (χ3v) is 5.01. The molecule has 2 N–H and O–H groups in total. The lowest BCUT2D eigenvalue weighted by Crippen LogP contribution is -2.39. The van der Waals surface area contributed by atoms with Crippen LogP contribution in [-0.2, 0) is 11.8 Å². The monoisotopic (exact) mass is 382 g/mol. The molecule has 0 aliphatic rings. The van der Waals surface area contributed by atoms with Crippen LogP contribution in [0.1, 0.15) is 6.92 Å². The van der Waals surface area contributed by atoms with Gasteiger partial charge in [0.1, 0.15) is 0 Å². The number of anilines is 1. The highest BCUT2D eigenvalue weighted by Crippen LogP contribution is 2.21. The summed E-state index contributed by atoms with van der Waals surface area (Å²) in [6, 6.07) is 15.2. The zero-order valence-electron chi connectivity index (χ0n) is 14.8. The number of hydrogen-bond donors (Lipinski definition) is 2. The quantitative estimate of drug-likeness (QED) is 0.535. The Morgan fingerprint density at radius 3 is 2.48 bits per heavy atom. The topological polar surface area (TPSA) is 93.1 Å². The Morgan fingerprint density at radius 2 is 1.74 bits per heavy atom. The summed E-state index contributed by atoms with van der Waals surface area (Å²) in [5, 5.41) is 5.18. The highest BCUT2D eigenvalue weighted by Gasteiger charge is 2.20. The summed E-state index contributed by atoms with van der Waals surface area (Å²) in [6.45, 7) is 1.65. The summed E-state index contributed by atoms with van der Waals surface area (Å²) in [5.41, 5.74) is 0.969. The molecule has 3 amide bonds. The second-order valence-corrected chi connectivity index (χ2v) is 7.15. The Morgan fingerprint density at radius 1 is 1.07 bits per heavy atom. The summed E-state index contributed by atoms with van der Waals surface area (Å²) in [7, 11) is 1.61. The van der Waals surface area contributed by atoms with Gasteiger partial charge in [0.2, 0.25) is 5.91 Å². The number of nitrogens with one attached hydrogen (secondary N) is 2. The zero-order chi connectivity index (χ0) is 19.4. The first-order valence-corrected chi connectivity index (χ1v) is 9.13. The van der Waals surface area contributed by atoms with Crippen LogP contribution < -0.4 is 16.2 Å². The third kappa shape index (κ3) is 4.35. The maximum absolute atomic E-state index is 12.4. The van der Waals surface area contributed by atoms with Gasteiger partial charge in [-0.25, -0.2) is 9.78 Å². The van der Waals surface area contributed by atoms with Crippen molar-refractivity contribution < 1.29 is 9.59 Å². The number of nitrogens with zero attached hydrogens (tertiary/aromatic N) is 2. The highest BCUT2D eigenvalue weighted by molar-refractivity contribution is 8.00. The van der Waals surface area contributed by atoms with Crippen LogP contribution in [0.15, 0.2) is 64.5 Å². The van der Waals surface area contributed by atoms with Crippen molar-refractivity contribution in [2.75, 3.05) is 5.32 Å². The Hall–Kier alpha value is -3.13. The Bertz CT molecular complexity index is 1050. The number of thioether (sulfide) groups is 1. The van der Waals surface area contributed by atoms with Crippen LogP contribution in [0.3, 0.4) is 0 Å². The second-order valence-electron chi connectivity index (χ2n) is 5.85. The maximum Gasteiger partial charge on any atom is 0.325 e. The lowest BCUT2D eigenvalue weighted by Gasteiger charge is -2.14. The predicted molar refractivity (Wildman–Crippen MR) is 106 cm³/mol. The van der Waals surface area contributed by atoms with Gasteiger partial charge in [-0.1, -0.05) is 42.1 Å². The Labute approximate surface area is 159 Å². The van der Waals surface area contributed by atoms with Gasteiger partial charge >= 0.3 is 6.03 Å². The molecule has 2 aromatic carbocycles. The molecule has 3 rings (SSSR count). The smallest absolute Gasteiger partial charge is 0.308 e. The maximum atomic E-state index is 12.4. The van der Waals surface area contributed by atoms with Gasteiger partial charge in [-0.2, -0.15) is 0 Å².